The minimum Gasteiger partial charge on any atom is -0.462 e. The summed E-state index contributed by atoms with van der Waals surface area (Å²) >= 11 is 0. The highest BCUT2D eigenvalue weighted by atomic mass is 16.5. The predicted octanol–water partition coefficient (Wildman–Crippen LogP) is 9.89. The molecule has 10 atom stereocenters. The van der Waals surface area contributed by atoms with E-state index in [1.807, 2.05) is 0 Å². The molecular formula is C42H68O5. The van der Waals surface area contributed by atoms with Crippen molar-refractivity contribution in [2.24, 2.45) is 64.1 Å². The van der Waals surface area contributed by atoms with Gasteiger partial charge in [0.2, 0.25) is 0 Å². The Bertz CT molecular complexity index is 1110. The number of ether oxygens (including phenoxy) is 2. The second kappa shape index (κ2) is 16.7. The number of esters is 2. The van der Waals surface area contributed by atoms with Crippen LogP contribution in [0.1, 0.15) is 131 Å². The van der Waals surface area contributed by atoms with Gasteiger partial charge in [-0.3, -0.25) is 0 Å². The van der Waals surface area contributed by atoms with E-state index in [-0.39, 0.29) is 24.7 Å². The molecule has 0 saturated heterocycles. The molecular weight excluding hydrogens is 584 g/mol. The molecule has 0 aromatic rings. The molecule has 266 valence electrons. The van der Waals surface area contributed by atoms with Crippen molar-refractivity contribution >= 4 is 11.9 Å². The fourth-order valence-corrected chi connectivity index (χ4v) is 11.2. The van der Waals surface area contributed by atoms with E-state index in [0.29, 0.717) is 22.3 Å². The van der Waals surface area contributed by atoms with Gasteiger partial charge in [0.1, 0.15) is 0 Å². The van der Waals surface area contributed by atoms with Gasteiger partial charge in [0, 0.05) is 11.5 Å². The summed E-state index contributed by atoms with van der Waals surface area (Å²) in [5.41, 5.74) is 1.38. The summed E-state index contributed by atoms with van der Waals surface area (Å²) in [5.74, 6) is 5.47. The summed E-state index contributed by atoms with van der Waals surface area (Å²) in [6.45, 7) is 23.2. The van der Waals surface area contributed by atoms with E-state index < -0.39 is 18.5 Å². The average molecular weight is 653 g/mol. The summed E-state index contributed by atoms with van der Waals surface area (Å²) in [6, 6.07) is 0. The minimum absolute atomic E-state index is 0.0380. The summed E-state index contributed by atoms with van der Waals surface area (Å²) < 4.78 is 10.8. The topological polar surface area (TPSA) is 72.8 Å². The Balaban J connectivity index is 1.31. The van der Waals surface area contributed by atoms with Crippen LogP contribution in [-0.2, 0) is 19.1 Å². The maximum Gasteiger partial charge on any atom is 0.335 e. The van der Waals surface area contributed by atoms with Crippen molar-refractivity contribution in [2.75, 3.05) is 19.8 Å². The third-order valence-electron chi connectivity index (χ3n) is 13.9. The Morgan fingerprint density at radius 2 is 1.55 bits per heavy atom. The van der Waals surface area contributed by atoms with Crippen LogP contribution >= 0.6 is 0 Å². The van der Waals surface area contributed by atoms with Crippen LogP contribution < -0.4 is 0 Å². The quantitative estimate of drug-likeness (QED) is 0.0962. The average Bonchev–Trinajstić information content (AvgIpc) is 3.40. The normalized spacial score (nSPS) is 34.4. The first-order valence-corrected chi connectivity index (χ1v) is 19.2. The third-order valence-corrected chi connectivity index (χ3v) is 13.9. The Morgan fingerprint density at radius 3 is 2.21 bits per heavy atom. The Labute approximate surface area is 287 Å². The number of allylic oxidation sites excluding steroid dienone is 1. The molecule has 4 rings (SSSR count). The van der Waals surface area contributed by atoms with Gasteiger partial charge in [-0.25, -0.2) is 9.59 Å². The van der Waals surface area contributed by atoms with Crippen LogP contribution in [0.3, 0.4) is 0 Å². The zero-order valence-corrected chi connectivity index (χ0v) is 30.7. The standard InChI is InChI=1S/C42H68O5/c1-9-33(15-10-12-28(2)3)36-18-19-37-35-17-16-34-24-31(20-22-41(34,7)38(35)21-23-42(36,37)8)13-11-14-32(26-46-39(44)29(4)5)27-47-40(45)30(6)25-43/h9,28,31-38,43H,1,4,6,10-27H2,2-3,5,7-8H3/t31-,32?,33+,34?,35-,36+,37?,38?,41-,42+/m0/s1. The molecule has 5 heteroatoms. The monoisotopic (exact) mass is 653 g/mol. The molecule has 0 bridgehead atoms. The zero-order valence-electron chi connectivity index (χ0n) is 30.7. The lowest BCUT2D eigenvalue weighted by Gasteiger charge is -2.61. The summed E-state index contributed by atoms with van der Waals surface area (Å²) in [7, 11) is 0. The zero-order chi connectivity index (χ0) is 34.4. The smallest absolute Gasteiger partial charge is 0.335 e. The molecule has 47 heavy (non-hydrogen) atoms. The van der Waals surface area contributed by atoms with Gasteiger partial charge < -0.3 is 14.6 Å². The lowest BCUT2D eigenvalue weighted by atomic mass is 9.44. The highest BCUT2D eigenvalue weighted by Crippen LogP contribution is 2.69. The van der Waals surface area contributed by atoms with Crippen LogP contribution in [0.2, 0.25) is 0 Å². The number of fused-ring (bicyclic) bond motifs is 5. The van der Waals surface area contributed by atoms with Crippen LogP contribution in [0.5, 0.6) is 0 Å². The fourth-order valence-electron chi connectivity index (χ4n) is 11.2. The van der Waals surface area contributed by atoms with Gasteiger partial charge in [0.15, 0.2) is 0 Å². The Morgan fingerprint density at radius 1 is 0.872 bits per heavy atom. The molecule has 0 amide bonds. The van der Waals surface area contributed by atoms with Crippen molar-refractivity contribution in [3.05, 3.63) is 37.0 Å². The van der Waals surface area contributed by atoms with E-state index in [2.05, 4.69) is 53.5 Å². The maximum atomic E-state index is 12.1. The highest BCUT2D eigenvalue weighted by molar-refractivity contribution is 5.88. The number of carbonyl (C=O) groups is 2. The van der Waals surface area contributed by atoms with Crippen molar-refractivity contribution in [1.29, 1.82) is 0 Å². The number of carbonyl (C=O) groups excluding carboxylic acids is 2. The van der Waals surface area contributed by atoms with E-state index in [4.69, 9.17) is 9.47 Å². The Hall–Kier alpha value is -1.88. The van der Waals surface area contributed by atoms with E-state index >= 15 is 0 Å². The Kier molecular flexibility index (Phi) is 13.5. The molecule has 5 nitrogen and oxygen atoms in total. The SMILES string of the molecule is C=C[C@H](CCCC(C)C)[C@H]1CCC2[C@@H]3CCC4C[C@@H](CCCC(COC(=O)C(=C)C)COC(=O)C(=C)CO)CC[C@]4(C)C3CC[C@@]21C. The largest absolute Gasteiger partial charge is 0.462 e. The first-order valence-electron chi connectivity index (χ1n) is 19.2. The maximum absolute atomic E-state index is 12.1. The van der Waals surface area contributed by atoms with Crippen molar-refractivity contribution in [2.45, 2.75) is 131 Å². The van der Waals surface area contributed by atoms with Gasteiger partial charge >= 0.3 is 11.9 Å². The van der Waals surface area contributed by atoms with Crippen LogP contribution in [0.25, 0.3) is 0 Å². The van der Waals surface area contributed by atoms with E-state index in [1.54, 1.807) is 6.92 Å². The number of hydrogen-bond acceptors (Lipinski definition) is 5. The first kappa shape index (κ1) is 37.9. The third kappa shape index (κ3) is 8.84. The van der Waals surface area contributed by atoms with Crippen molar-refractivity contribution in [3.8, 4) is 0 Å². The van der Waals surface area contributed by atoms with Crippen molar-refractivity contribution in [1.82, 2.24) is 0 Å². The van der Waals surface area contributed by atoms with Gasteiger partial charge in [-0.15, -0.1) is 6.58 Å². The molecule has 0 heterocycles. The molecule has 4 aliphatic rings. The highest BCUT2D eigenvalue weighted by Gasteiger charge is 2.60. The molecule has 0 aromatic carbocycles. The van der Waals surface area contributed by atoms with E-state index in [9.17, 15) is 14.7 Å². The molecule has 4 fully saturated rings. The summed E-state index contributed by atoms with van der Waals surface area (Å²) in [6.07, 6.45) is 21.9. The van der Waals surface area contributed by atoms with Gasteiger partial charge in [-0.2, -0.15) is 0 Å². The van der Waals surface area contributed by atoms with Crippen LogP contribution in [0, 0.1) is 64.1 Å². The molecule has 0 aromatic heterocycles. The molecule has 0 radical (unpaired) electrons. The number of hydrogen-bond donors (Lipinski definition) is 1. The number of rotatable bonds is 17. The van der Waals surface area contributed by atoms with Crippen LogP contribution in [0.15, 0.2) is 37.0 Å². The van der Waals surface area contributed by atoms with E-state index in [1.165, 1.54) is 83.5 Å². The van der Waals surface area contributed by atoms with Crippen molar-refractivity contribution in [3.63, 3.8) is 0 Å². The van der Waals surface area contributed by atoms with E-state index in [0.717, 1.165) is 54.3 Å². The van der Waals surface area contributed by atoms with Crippen molar-refractivity contribution < 1.29 is 24.2 Å². The van der Waals surface area contributed by atoms with Gasteiger partial charge in [-0.1, -0.05) is 72.6 Å². The number of aliphatic hydroxyl groups excluding tert-OH is 1. The predicted molar refractivity (Wildman–Crippen MR) is 191 cm³/mol. The van der Waals surface area contributed by atoms with Gasteiger partial charge in [0.25, 0.3) is 0 Å². The second-order valence-electron chi connectivity index (χ2n) is 17.3. The molecule has 4 unspecified atom stereocenters. The number of aliphatic hydroxyl groups is 1. The molecule has 4 aliphatic carbocycles. The van der Waals surface area contributed by atoms with Gasteiger partial charge in [-0.05, 0) is 136 Å². The first-order chi connectivity index (χ1) is 22.3. The summed E-state index contributed by atoms with van der Waals surface area (Å²) in [5, 5.41) is 9.21. The molecule has 1 N–H and O–H groups in total. The second-order valence-corrected chi connectivity index (χ2v) is 17.3. The molecule has 0 aliphatic heterocycles. The van der Waals surface area contributed by atoms with Crippen LogP contribution in [-0.4, -0.2) is 36.9 Å². The molecule has 0 spiro atoms. The lowest BCUT2D eigenvalue weighted by Crippen LogP contribution is -2.53. The van der Waals surface area contributed by atoms with Crippen LogP contribution in [0.4, 0.5) is 0 Å². The minimum atomic E-state index is -0.593. The van der Waals surface area contributed by atoms with Gasteiger partial charge in [0.05, 0.1) is 25.4 Å². The summed E-state index contributed by atoms with van der Waals surface area (Å²) in [4.78, 5) is 24.1. The fraction of sp³-hybridized carbons (Fsp3) is 0.810. The lowest BCUT2D eigenvalue weighted by molar-refractivity contribution is -0.144. The molecule has 4 saturated carbocycles.